The molecule has 0 atom stereocenters. The van der Waals surface area contributed by atoms with Gasteiger partial charge < -0.3 is 10.6 Å². The molecule has 0 bridgehead atoms. The molecule has 0 aliphatic carbocycles. The summed E-state index contributed by atoms with van der Waals surface area (Å²) in [6.07, 6.45) is 4.13. The Kier molecular flexibility index (Phi) is 4.72. The second-order valence-corrected chi connectivity index (χ2v) is 6.32. The minimum absolute atomic E-state index is 0.922. The maximum atomic E-state index is 5.99. The molecule has 2 heterocycles. The van der Waals surface area contributed by atoms with Crippen molar-refractivity contribution < 1.29 is 0 Å². The van der Waals surface area contributed by atoms with Crippen molar-refractivity contribution in [2.45, 2.75) is 12.8 Å². The molecular weight excluding hydrogens is 280 g/mol. The number of anilines is 2. The Balaban J connectivity index is 1.41. The van der Waals surface area contributed by atoms with E-state index in [1.54, 1.807) is 11.3 Å². The molecule has 0 radical (unpaired) electrons. The highest BCUT2D eigenvalue weighted by Crippen LogP contribution is 2.19. The van der Waals surface area contributed by atoms with Gasteiger partial charge in [-0.3, -0.25) is 4.90 Å². The molecule has 112 valence electrons. The smallest absolute Gasteiger partial charge is 0.185 e. The quantitative estimate of drug-likeness (QED) is 0.862. The Morgan fingerprint density at radius 2 is 1.95 bits per heavy atom. The molecule has 3 rings (SSSR count). The SMILES string of the molecule is Nc1ccccc1CCCN1CCN(c2nccs2)CC1. The van der Waals surface area contributed by atoms with Crippen LogP contribution in [0.5, 0.6) is 0 Å². The first-order valence-corrected chi connectivity index (χ1v) is 8.41. The molecule has 1 aliphatic heterocycles. The van der Waals surface area contributed by atoms with Gasteiger partial charge in [-0.25, -0.2) is 4.98 Å². The zero-order chi connectivity index (χ0) is 14.5. The molecule has 1 aromatic carbocycles. The summed E-state index contributed by atoms with van der Waals surface area (Å²) >= 11 is 1.73. The molecule has 0 spiro atoms. The molecule has 21 heavy (non-hydrogen) atoms. The first-order valence-electron chi connectivity index (χ1n) is 7.53. The van der Waals surface area contributed by atoms with Gasteiger partial charge in [0.15, 0.2) is 5.13 Å². The number of piperazine rings is 1. The number of rotatable bonds is 5. The number of para-hydroxylation sites is 1. The van der Waals surface area contributed by atoms with Gasteiger partial charge in [0.25, 0.3) is 0 Å². The lowest BCUT2D eigenvalue weighted by atomic mass is 10.1. The lowest BCUT2D eigenvalue weighted by Crippen LogP contribution is -2.46. The summed E-state index contributed by atoms with van der Waals surface area (Å²) in [5, 5.41) is 3.21. The van der Waals surface area contributed by atoms with Crippen molar-refractivity contribution >= 4 is 22.2 Å². The fourth-order valence-corrected chi connectivity index (χ4v) is 3.49. The molecule has 1 aliphatic rings. The number of benzene rings is 1. The number of thiazole rings is 1. The van der Waals surface area contributed by atoms with Crippen LogP contribution in [-0.4, -0.2) is 42.6 Å². The number of hydrogen-bond donors (Lipinski definition) is 1. The van der Waals surface area contributed by atoms with Crippen molar-refractivity contribution in [1.82, 2.24) is 9.88 Å². The average Bonchev–Trinajstić information content (AvgIpc) is 3.04. The minimum atomic E-state index is 0.922. The number of nitrogen functional groups attached to an aromatic ring is 1. The maximum absolute atomic E-state index is 5.99. The van der Waals surface area contributed by atoms with Crippen LogP contribution in [0.1, 0.15) is 12.0 Å². The summed E-state index contributed by atoms with van der Waals surface area (Å²) in [6, 6.07) is 8.19. The second kappa shape index (κ2) is 6.91. The van der Waals surface area contributed by atoms with Crippen LogP contribution in [0.4, 0.5) is 10.8 Å². The van der Waals surface area contributed by atoms with E-state index in [1.807, 2.05) is 23.7 Å². The first-order chi connectivity index (χ1) is 10.3. The Bertz CT molecular complexity index is 547. The molecular formula is C16H22N4S. The Labute approximate surface area is 130 Å². The normalized spacial score (nSPS) is 16.3. The zero-order valence-corrected chi connectivity index (χ0v) is 13.1. The van der Waals surface area contributed by atoms with Crippen molar-refractivity contribution in [3.05, 3.63) is 41.4 Å². The molecule has 0 amide bonds. The Morgan fingerprint density at radius 1 is 1.14 bits per heavy atom. The highest BCUT2D eigenvalue weighted by Gasteiger charge is 2.18. The second-order valence-electron chi connectivity index (χ2n) is 5.45. The van der Waals surface area contributed by atoms with Crippen LogP contribution in [0.25, 0.3) is 0 Å². The highest BCUT2D eigenvalue weighted by atomic mass is 32.1. The molecule has 2 aromatic rings. The van der Waals surface area contributed by atoms with Gasteiger partial charge in [-0.05, 0) is 31.0 Å². The summed E-state index contributed by atoms with van der Waals surface area (Å²) in [7, 11) is 0. The number of aromatic nitrogens is 1. The third kappa shape index (κ3) is 3.74. The molecule has 4 nitrogen and oxygen atoms in total. The van der Waals surface area contributed by atoms with Gasteiger partial charge in [-0.2, -0.15) is 0 Å². The summed E-state index contributed by atoms with van der Waals surface area (Å²) in [5.74, 6) is 0. The van der Waals surface area contributed by atoms with Crippen LogP contribution in [0.2, 0.25) is 0 Å². The van der Waals surface area contributed by atoms with Crippen molar-refractivity contribution in [3.8, 4) is 0 Å². The van der Waals surface area contributed by atoms with Gasteiger partial charge in [0.2, 0.25) is 0 Å². The summed E-state index contributed by atoms with van der Waals surface area (Å²) in [5.41, 5.74) is 8.19. The fourth-order valence-electron chi connectivity index (χ4n) is 2.79. The molecule has 5 heteroatoms. The van der Waals surface area contributed by atoms with E-state index in [1.165, 1.54) is 12.0 Å². The van der Waals surface area contributed by atoms with E-state index >= 15 is 0 Å². The predicted molar refractivity (Wildman–Crippen MR) is 89.9 cm³/mol. The lowest BCUT2D eigenvalue weighted by Gasteiger charge is -2.34. The van der Waals surface area contributed by atoms with Crippen LogP contribution >= 0.6 is 11.3 Å². The van der Waals surface area contributed by atoms with Gasteiger partial charge in [-0.15, -0.1) is 11.3 Å². The third-order valence-electron chi connectivity index (χ3n) is 4.04. The van der Waals surface area contributed by atoms with E-state index in [4.69, 9.17) is 5.73 Å². The molecule has 1 saturated heterocycles. The molecule has 0 saturated carbocycles. The largest absolute Gasteiger partial charge is 0.399 e. The number of nitrogens with two attached hydrogens (primary N) is 1. The Morgan fingerprint density at radius 3 is 2.67 bits per heavy atom. The average molecular weight is 302 g/mol. The Hall–Kier alpha value is -1.59. The van der Waals surface area contributed by atoms with E-state index < -0.39 is 0 Å². The third-order valence-corrected chi connectivity index (χ3v) is 4.87. The van der Waals surface area contributed by atoms with Gasteiger partial charge in [0.05, 0.1) is 0 Å². The van der Waals surface area contributed by atoms with Gasteiger partial charge in [-0.1, -0.05) is 18.2 Å². The van der Waals surface area contributed by atoms with Crippen LogP contribution in [0.15, 0.2) is 35.8 Å². The monoisotopic (exact) mass is 302 g/mol. The number of nitrogens with zero attached hydrogens (tertiary/aromatic N) is 3. The van der Waals surface area contributed by atoms with Crippen LogP contribution in [0.3, 0.4) is 0 Å². The topological polar surface area (TPSA) is 45.4 Å². The van der Waals surface area contributed by atoms with Gasteiger partial charge in [0.1, 0.15) is 0 Å². The molecule has 1 fully saturated rings. The first kappa shape index (κ1) is 14.4. The van der Waals surface area contributed by atoms with E-state index in [0.717, 1.165) is 50.0 Å². The minimum Gasteiger partial charge on any atom is -0.399 e. The fraction of sp³-hybridized carbons (Fsp3) is 0.438. The van der Waals surface area contributed by atoms with E-state index in [2.05, 4.69) is 26.9 Å². The summed E-state index contributed by atoms with van der Waals surface area (Å²) in [4.78, 5) is 9.32. The van der Waals surface area contributed by atoms with Crippen LogP contribution < -0.4 is 10.6 Å². The van der Waals surface area contributed by atoms with Crippen molar-refractivity contribution in [2.75, 3.05) is 43.4 Å². The van der Waals surface area contributed by atoms with Crippen LogP contribution in [0, 0.1) is 0 Å². The predicted octanol–water partition coefficient (Wildman–Crippen LogP) is 2.48. The van der Waals surface area contributed by atoms with E-state index in [0.29, 0.717) is 0 Å². The number of hydrogen-bond acceptors (Lipinski definition) is 5. The molecule has 1 aromatic heterocycles. The van der Waals surface area contributed by atoms with Gasteiger partial charge in [0, 0.05) is 43.4 Å². The molecule has 0 unspecified atom stereocenters. The lowest BCUT2D eigenvalue weighted by molar-refractivity contribution is 0.255. The van der Waals surface area contributed by atoms with Crippen LogP contribution in [-0.2, 0) is 6.42 Å². The van der Waals surface area contributed by atoms with Crippen molar-refractivity contribution in [2.24, 2.45) is 0 Å². The summed E-state index contributed by atoms with van der Waals surface area (Å²) < 4.78 is 0. The highest BCUT2D eigenvalue weighted by molar-refractivity contribution is 7.13. The van der Waals surface area contributed by atoms with Crippen molar-refractivity contribution in [3.63, 3.8) is 0 Å². The molecule has 2 N–H and O–H groups in total. The number of aryl methyl sites for hydroxylation is 1. The summed E-state index contributed by atoms with van der Waals surface area (Å²) in [6.45, 7) is 5.58. The van der Waals surface area contributed by atoms with E-state index in [9.17, 15) is 0 Å². The standard InChI is InChI=1S/C16H22N4S/c17-15-6-2-1-4-14(15)5-3-8-19-9-11-20(12-10-19)16-18-7-13-21-16/h1-2,4,6-7,13H,3,5,8-12,17H2. The zero-order valence-electron chi connectivity index (χ0n) is 12.2. The maximum Gasteiger partial charge on any atom is 0.185 e. The van der Waals surface area contributed by atoms with E-state index in [-0.39, 0.29) is 0 Å². The van der Waals surface area contributed by atoms with Crippen molar-refractivity contribution in [1.29, 1.82) is 0 Å². The van der Waals surface area contributed by atoms with Gasteiger partial charge >= 0.3 is 0 Å².